The van der Waals surface area contributed by atoms with Crippen LogP contribution in [0.5, 0.6) is 0 Å². The molecule has 0 saturated heterocycles. The molecule has 28 heavy (non-hydrogen) atoms. The van der Waals surface area contributed by atoms with Crippen molar-refractivity contribution in [2.75, 3.05) is 0 Å². The van der Waals surface area contributed by atoms with E-state index in [1.54, 1.807) is 0 Å². The molecule has 6 rings (SSSR count). The fourth-order valence-corrected chi connectivity index (χ4v) is 6.08. The lowest BCUT2D eigenvalue weighted by Gasteiger charge is -2.24. The normalized spacial score (nSPS) is 12.8. The van der Waals surface area contributed by atoms with Gasteiger partial charge in [0.15, 0.2) is 0 Å². The molecular weight excluding hydrogens is 358 g/mol. The molecule has 1 nitrogen and oxygen atoms in total. The zero-order valence-electron chi connectivity index (χ0n) is 16.3. The van der Waals surface area contributed by atoms with Crippen molar-refractivity contribution < 1.29 is 0 Å². The average Bonchev–Trinajstić information content (AvgIpc) is 3.24. The lowest BCUT2D eigenvalue weighted by Crippen LogP contribution is -2.21. The molecule has 0 bridgehead atoms. The highest BCUT2D eigenvalue weighted by atomic mass is 32.1. The molecule has 0 unspecified atom stereocenters. The van der Waals surface area contributed by atoms with Gasteiger partial charge in [0.2, 0.25) is 0 Å². The van der Waals surface area contributed by atoms with Crippen LogP contribution < -0.4 is 0 Å². The molecular formula is C26H21NS. The van der Waals surface area contributed by atoms with Crippen LogP contribution in [0.2, 0.25) is 0 Å². The Morgan fingerprint density at radius 2 is 1.21 bits per heavy atom. The van der Waals surface area contributed by atoms with E-state index in [9.17, 15) is 0 Å². The number of rotatable bonds is 0. The van der Waals surface area contributed by atoms with Gasteiger partial charge in [0.1, 0.15) is 0 Å². The van der Waals surface area contributed by atoms with Crippen molar-refractivity contribution in [2.45, 2.75) is 26.3 Å². The van der Waals surface area contributed by atoms with Crippen LogP contribution in [0.4, 0.5) is 0 Å². The molecule has 0 amide bonds. The predicted molar refractivity (Wildman–Crippen MR) is 125 cm³/mol. The molecule has 0 N–H and O–H groups in total. The maximum Gasteiger partial charge on any atom is 0.0684 e. The molecule has 0 aliphatic carbocycles. The molecule has 4 aromatic carbocycles. The van der Waals surface area contributed by atoms with E-state index >= 15 is 0 Å². The molecule has 0 aliphatic heterocycles. The number of thiophene rings is 1. The summed E-state index contributed by atoms with van der Waals surface area (Å²) in [6.07, 6.45) is 0. The summed E-state index contributed by atoms with van der Waals surface area (Å²) in [6.45, 7) is 6.94. The summed E-state index contributed by atoms with van der Waals surface area (Å²) < 4.78 is 5.32. The molecule has 0 aliphatic rings. The number of aromatic nitrogens is 1. The third kappa shape index (κ3) is 1.96. The van der Waals surface area contributed by atoms with Gasteiger partial charge in [-0.15, -0.1) is 11.3 Å². The summed E-state index contributed by atoms with van der Waals surface area (Å²) in [5, 5.41) is 8.22. The average molecular weight is 380 g/mol. The van der Waals surface area contributed by atoms with Gasteiger partial charge in [0.25, 0.3) is 0 Å². The number of fused-ring (bicyclic) bond motifs is 10. The zero-order valence-corrected chi connectivity index (χ0v) is 17.1. The zero-order chi connectivity index (χ0) is 19.0. The maximum atomic E-state index is 2.56. The molecule has 6 aromatic rings. The Kier molecular flexibility index (Phi) is 3.09. The first kappa shape index (κ1) is 16.1. The third-order valence-electron chi connectivity index (χ3n) is 5.82. The SMILES string of the molecule is CC(C)(C)n1c2ccccc2c2c3ccccc3c3c4ccccc4sc3c21. The largest absolute Gasteiger partial charge is 0.334 e. The molecule has 0 radical (unpaired) electrons. The smallest absolute Gasteiger partial charge is 0.0684 e. The van der Waals surface area contributed by atoms with Crippen molar-refractivity contribution in [1.82, 2.24) is 4.57 Å². The van der Waals surface area contributed by atoms with Crippen molar-refractivity contribution in [3.05, 3.63) is 72.8 Å². The second-order valence-electron chi connectivity index (χ2n) is 8.59. The van der Waals surface area contributed by atoms with Gasteiger partial charge in [-0.05, 0) is 43.7 Å². The summed E-state index contributed by atoms with van der Waals surface area (Å²) in [5.74, 6) is 0. The molecule has 0 atom stereocenters. The molecule has 0 saturated carbocycles. The van der Waals surface area contributed by atoms with E-state index < -0.39 is 0 Å². The molecule has 2 aromatic heterocycles. The number of hydrogen-bond acceptors (Lipinski definition) is 1. The highest BCUT2D eigenvalue weighted by Gasteiger charge is 2.25. The van der Waals surface area contributed by atoms with Gasteiger partial charge in [-0.25, -0.2) is 0 Å². The van der Waals surface area contributed by atoms with E-state index in [0.717, 1.165) is 0 Å². The van der Waals surface area contributed by atoms with Crippen molar-refractivity contribution in [2.24, 2.45) is 0 Å². The predicted octanol–water partition coefficient (Wildman–Crippen LogP) is 8.07. The minimum absolute atomic E-state index is 0.00703. The van der Waals surface area contributed by atoms with Gasteiger partial charge in [-0.3, -0.25) is 0 Å². The summed E-state index contributed by atoms with van der Waals surface area (Å²) in [7, 11) is 0. The quantitative estimate of drug-likeness (QED) is 0.251. The van der Waals surface area contributed by atoms with Crippen molar-refractivity contribution in [1.29, 1.82) is 0 Å². The summed E-state index contributed by atoms with van der Waals surface area (Å²) >= 11 is 1.93. The van der Waals surface area contributed by atoms with Crippen LogP contribution in [0.25, 0.3) is 52.8 Å². The number of para-hydroxylation sites is 1. The third-order valence-corrected chi connectivity index (χ3v) is 7.00. The van der Waals surface area contributed by atoms with Crippen molar-refractivity contribution >= 4 is 64.1 Å². The highest BCUT2D eigenvalue weighted by molar-refractivity contribution is 7.27. The lowest BCUT2D eigenvalue weighted by molar-refractivity contribution is 0.424. The van der Waals surface area contributed by atoms with Crippen molar-refractivity contribution in [3.63, 3.8) is 0 Å². The first-order valence-electron chi connectivity index (χ1n) is 9.81. The summed E-state index contributed by atoms with van der Waals surface area (Å²) in [4.78, 5) is 0. The minimum atomic E-state index is -0.00703. The first-order valence-corrected chi connectivity index (χ1v) is 10.6. The van der Waals surface area contributed by atoms with Crippen LogP contribution in [0.1, 0.15) is 20.8 Å². The second-order valence-corrected chi connectivity index (χ2v) is 9.65. The molecule has 0 spiro atoms. The van der Waals surface area contributed by atoms with E-state index in [4.69, 9.17) is 0 Å². The van der Waals surface area contributed by atoms with Gasteiger partial charge in [0.05, 0.1) is 10.2 Å². The Hall–Kier alpha value is -2.84. The van der Waals surface area contributed by atoms with Crippen LogP contribution in [-0.4, -0.2) is 4.57 Å². The van der Waals surface area contributed by atoms with E-state index in [2.05, 4.69) is 98.1 Å². The van der Waals surface area contributed by atoms with Crippen LogP contribution in [0.15, 0.2) is 72.8 Å². The van der Waals surface area contributed by atoms with Gasteiger partial charge in [-0.1, -0.05) is 60.7 Å². The fourth-order valence-electron chi connectivity index (χ4n) is 4.82. The Balaban J connectivity index is 2.08. The number of benzene rings is 4. The monoisotopic (exact) mass is 379 g/mol. The maximum absolute atomic E-state index is 2.56. The van der Waals surface area contributed by atoms with E-state index in [1.807, 2.05) is 11.3 Å². The Morgan fingerprint density at radius 1 is 0.643 bits per heavy atom. The van der Waals surface area contributed by atoms with E-state index in [-0.39, 0.29) is 5.54 Å². The summed E-state index contributed by atoms with van der Waals surface area (Å²) in [6, 6.07) is 26.6. The Morgan fingerprint density at radius 3 is 1.93 bits per heavy atom. The lowest BCUT2D eigenvalue weighted by atomic mass is 9.98. The van der Waals surface area contributed by atoms with E-state index in [0.29, 0.717) is 0 Å². The number of nitrogens with zero attached hydrogens (tertiary/aromatic N) is 1. The molecule has 0 fully saturated rings. The Labute approximate surface area is 167 Å². The van der Waals surface area contributed by atoms with Crippen LogP contribution in [-0.2, 0) is 5.54 Å². The first-order chi connectivity index (χ1) is 13.6. The molecule has 2 heteroatoms. The fraction of sp³-hybridized carbons (Fsp3) is 0.154. The summed E-state index contributed by atoms with van der Waals surface area (Å²) in [5.41, 5.74) is 2.69. The van der Waals surface area contributed by atoms with Crippen LogP contribution in [0, 0.1) is 0 Å². The topological polar surface area (TPSA) is 4.93 Å². The van der Waals surface area contributed by atoms with Gasteiger partial charge in [0, 0.05) is 37.3 Å². The van der Waals surface area contributed by atoms with Crippen LogP contribution >= 0.6 is 11.3 Å². The van der Waals surface area contributed by atoms with Gasteiger partial charge >= 0.3 is 0 Å². The van der Waals surface area contributed by atoms with Crippen LogP contribution in [0.3, 0.4) is 0 Å². The highest BCUT2D eigenvalue weighted by Crippen LogP contribution is 2.48. The Bertz CT molecular complexity index is 1540. The van der Waals surface area contributed by atoms with Crippen molar-refractivity contribution in [3.8, 4) is 0 Å². The van der Waals surface area contributed by atoms with E-state index in [1.165, 1.54) is 52.8 Å². The minimum Gasteiger partial charge on any atom is -0.334 e. The molecule has 136 valence electrons. The van der Waals surface area contributed by atoms with Gasteiger partial charge < -0.3 is 4.57 Å². The molecule has 2 heterocycles. The second kappa shape index (κ2) is 5.36. The van der Waals surface area contributed by atoms with Gasteiger partial charge in [-0.2, -0.15) is 0 Å². The number of hydrogen-bond donors (Lipinski definition) is 0. The standard InChI is InChI=1S/C26H21NS/c1-26(2,3)27-20-14-8-6-12-18(20)22-16-10-4-5-11-17(16)23-19-13-7-9-15-21(19)28-25(23)24(22)27/h4-15H,1-3H3.